The minimum atomic E-state index is -3.88. The Bertz CT molecular complexity index is 451. The maximum atomic E-state index is 10.4. The molecule has 0 aliphatic heterocycles. The molecular weight excluding hydrogens is 314 g/mol. The molecule has 20 heavy (non-hydrogen) atoms. The molecule has 0 spiro atoms. The number of benzene rings is 1. The van der Waals surface area contributed by atoms with E-state index < -0.39 is 9.15 Å². The van der Waals surface area contributed by atoms with E-state index in [0.717, 1.165) is 25.1 Å². The molecule has 0 heterocycles. The molecule has 0 saturated carbocycles. The van der Waals surface area contributed by atoms with Crippen molar-refractivity contribution in [1.29, 1.82) is 0 Å². The van der Waals surface area contributed by atoms with E-state index in [1.807, 2.05) is 17.8 Å². The smallest absolute Gasteiger partial charge is 0.316 e. The largest absolute Gasteiger partial charge is 0.319 e. The van der Waals surface area contributed by atoms with Crippen LogP contribution in [0.1, 0.15) is 19.3 Å². The van der Waals surface area contributed by atoms with Crippen LogP contribution < -0.4 is 5.32 Å². The lowest BCUT2D eigenvalue weighted by atomic mass is 10.2. The Kier molecular flexibility index (Phi) is 9.37. The van der Waals surface area contributed by atoms with E-state index >= 15 is 0 Å². The Hall–Kier alpha value is -0.210. The Morgan fingerprint density at radius 1 is 1.00 bits per heavy atom. The average Bonchev–Trinajstić information content (AvgIpc) is 2.41. The molecule has 0 fully saturated rings. The summed E-state index contributed by atoms with van der Waals surface area (Å²) in [7, 11) is -3.32. The van der Waals surface area contributed by atoms with Crippen molar-refractivity contribution in [3.05, 3.63) is 30.3 Å². The molecule has 2 N–H and O–H groups in total. The van der Waals surface area contributed by atoms with Crippen molar-refractivity contribution in [1.82, 2.24) is 5.32 Å². The van der Waals surface area contributed by atoms with Gasteiger partial charge in [-0.05, 0) is 48.1 Å². The van der Waals surface area contributed by atoms with Gasteiger partial charge >= 0.3 is 9.15 Å². The average molecular weight is 336 g/mol. The molecule has 7 heteroatoms. The molecule has 0 aliphatic carbocycles. The lowest BCUT2D eigenvalue weighted by molar-refractivity contribution is 0.503. The van der Waals surface area contributed by atoms with Crippen LogP contribution in [0.2, 0.25) is 0 Å². The molecular formula is C13H21NO3S3. The van der Waals surface area contributed by atoms with Gasteiger partial charge in [-0.2, -0.15) is 8.42 Å². The van der Waals surface area contributed by atoms with Gasteiger partial charge in [0.15, 0.2) is 0 Å². The highest BCUT2D eigenvalue weighted by molar-refractivity contribution is 8.69. The Morgan fingerprint density at radius 2 is 1.75 bits per heavy atom. The molecule has 0 aliphatic rings. The summed E-state index contributed by atoms with van der Waals surface area (Å²) in [5, 5.41) is 3.16. The van der Waals surface area contributed by atoms with Gasteiger partial charge in [0.2, 0.25) is 0 Å². The summed E-state index contributed by atoms with van der Waals surface area (Å²) in [6.07, 6.45) is 3.44. The normalized spacial score (nSPS) is 11.7. The third-order valence-electron chi connectivity index (χ3n) is 2.52. The van der Waals surface area contributed by atoms with E-state index in [9.17, 15) is 8.42 Å². The lowest BCUT2D eigenvalue weighted by Gasteiger charge is -2.04. The van der Waals surface area contributed by atoms with E-state index in [-0.39, 0.29) is 0 Å². The summed E-state index contributed by atoms with van der Waals surface area (Å²) < 4.78 is 29.4. The molecule has 0 radical (unpaired) electrons. The van der Waals surface area contributed by atoms with Crippen LogP contribution in [0.25, 0.3) is 0 Å². The highest BCUT2D eigenvalue weighted by Crippen LogP contribution is 2.18. The molecule has 0 atom stereocenters. The van der Waals surface area contributed by atoms with Gasteiger partial charge in [-0.3, -0.25) is 4.55 Å². The van der Waals surface area contributed by atoms with Crippen LogP contribution in [-0.2, 0) is 9.15 Å². The number of unbranched alkanes of at least 4 members (excludes halogenated alkanes) is 2. The topological polar surface area (TPSA) is 66.4 Å². The number of thioether (sulfide) groups is 1. The molecule has 0 unspecified atom stereocenters. The van der Waals surface area contributed by atoms with Gasteiger partial charge in [-0.15, -0.1) is 11.8 Å². The van der Waals surface area contributed by atoms with E-state index in [1.54, 1.807) is 0 Å². The first-order valence-corrected chi connectivity index (χ1v) is 10.5. The summed E-state index contributed by atoms with van der Waals surface area (Å²) in [5.41, 5.74) is 0. The van der Waals surface area contributed by atoms with Crippen molar-refractivity contribution in [3.63, 3.8) is 0 Å². The predicted molar refractivity (Wildman–Crippen MR) is 87.9 cm³/mol. The number of nitrogens with one attached hydrogen (secondary N) is 1. The monoisotopic (exact) mass is 335 g/mol. The van der Waals surface area contributed by atoms with Gasteiger partial charge in [0.25, 0.3) is 0 Å². The van der Waals surface area contributed by atoms with Crippen molar-refractivity contribution in [2.75, 3.05) is 24.6 Å². The third kappa shape index (κ3) is 10.6. The Labute approximate surface area is 129 Å². The zero-order valence-electron chi connectivity index (χ0n) is 11.3. The first-order valence-electron chi connectivity index (χ1n) is 6.58. The molecule has 114 valence electrons. The van der Waals surface area contributed by atoms with Crippen molar-refractivity contribution in [3.8, 4) is 0 Å². The second-order valence-electron chi connectivity index (χ2n) is 4.22. The number of hydrogen-bond acceptors (Lipinski definition) is 5. The van der Waals surface area contributed by atoms with E-state index in [4.69, 9.17) is 4.55 Å². The minimum absolute atomic E-state index is 0.378. The fraction of sp³-hybridized carbons (Fsp3) is 0.538. The van der Waals surface area contributed by atoms with Crippen LogP contribution >= 0.6 is 22.6 Å². The van der Waals surface area contributed by atoms with Gasteiger partial charge in [0.05, 0.1) is 0 Å². The third-order valence-corrected chi connectivity index (χ3v) is 5.68. The molecule has 1 aromatic rings. The van der Waals surface area contributed by atoms with Crippen LogP contribution in [0.5, 0.6) is 0 Å². The van der Waals surface area contributed by atoms with Crippen LogP contribution in [0.3, 0.4) is 0 Å². The summed E-state index contributed by atoms with van der Waals surface area (Å²) in [4.78, 5) is 1.31. The quantitative estimate of drug-likeness (QED) is 0.280. The Morgan fingerprint density at radius 3 is 2.45 bits per heavy atom. The van der Waals surface area contributed by atoms with Gasteiger partial charge in [0.1, 0.15) is 0 Å². The first-order chi connectivity index (χ1) is 9.58. The zero-order chi connectivity index (χ0) is 14.7. The second kappa shape index (κ2) is 10.5. The fourth-order valence-corrected chi connectivity index (χ4v) is 3.83. The van der Waals surface area contributed by atoms with Gasteiger partial charge < -0.3 is 5.32 Å². The van der Waals surface area contributed by atoms with Crippen molar-refractivity contribution in [2.45, 2.75) is 24.2 Å². The summed E-state index contributed by atoms with van der Waals surface area (Å²) in [5.74, 6) is 1.51. The van der Waals surface area contributed by atoms with E-state index in [1.165, 1.54) is 11.3 Å². The van der Waals surface area contributed by atoms with Crippen LogP contribution in [0, 0.1) is 0 Å². The fourth-order valence-electron chi connectivity index (χ4n) is 1.58. The van der Waals surface area contributed by atoms with E-state index in [2.05, 4.69) is 29.6 Å². The Balaban J connectivity index is 1.86. The highest BCUT2D eigenvalue weighted by atomic mass is 33.1. The zero-order valence-corrected chi connectivity index (χ0v) is 13.8. The molecule has 0 aromatic heterocycles. The summed E-state index contributed by atoms with van der Waals surface area (Å²) >= 11 is 1.88. The lowest BCUT2D eigenvalue weighted by Crippen LogP contribution is -2.19. The molecule has 1 aromatic carbocycles. The van der Waals surface area contributed by atoms with Gasteiger partial charge in [-0.25, -0.2) is 0 Å². The molecule has 1 rings (SSSR count). The maximum Gasteiger partial charge on any atom is 0.319 e. The molecule has 0 saturated heterocycles. The molecule has 0 amide bonds. The van der Waals surface area contributed by atoms with Crippen molar-refractivity contribution < 1.29 is 13.0 Å². The highest BCUT2D eigenvalue weighted by Gasteiger charge is 2.03. The maximum absolute atomic E-state index is 10.4. The number of hydrogen-bond donors (Lipinski definition) is 2. The summed E-state index contributed by atoms with van der Waals surface area (Å²) in [6.45, 7) is 1.49. The number of rotatable bonds is 11. The molecule has 0 bridgehead atoms. The summed E-state index contributed by atoms with van der Waals surface area (Å²) in [6, 6.07) is 10.4. The second-order valence-corrected chi connectivity index (χ2v) is 8.86. The van der Waals surface area contributed by atoms with Gasteiger partial charge in [0, 0.05) is 17.2 Å². The van der Waals surface area contributed by atoms with E-state index in [0.29, 0.717) is 23.1 Å². The first kappa shape index (κ1) is 17.8. The minimum Gasteiger partial charge on any atom is -0.316 e. The SMILES string of the molecule is O=S(=O)(O)SCCNCCCCCSc1ccccc1. The van der Waals surface area contributed by atoms with Crippen molar-refractivity contribution >= 4 is 31.7 Å². The molecule has 4 nitrogen and oxygen atoms in total. The predicted octanol–water partition coefficient (Wildman–Crippen LogP) is 3.07. The van der Waals surface area contributed by atoms with Crippen LogP contribution in [0.15, 0.2) is 35.2 Å². The van der Waals surface area contributed by atoms with Gasteiger partial charge in [-0.1, -0.05) is 24.6 Å². The standard InChI is InChI=1S/C13H21NO3S3/c15-20(16,17)19-12-10-14-9-5-2-6-11-18-13-7-3-1-4-8-13/h1,3-4,7-8,14H,2,5-6,9-12H2,(H,15,16,17). The van der Waals surface area contributed by atoms with Crippen LogP contribution in [-0.4, -0.2) is 37.6 Å². The van der Waals surface area contributed by atoms with Crippen LogP contribution in [0.4, 0.5) is 0 Å². The van der Waals surface area contributed by atoms with Crippen molar-refractivity contribution in [2.24, 2.45) is 0 Å².